The lowest BCUT2D eigenvalue weighted by Crippen LogP contribution is -2.38. The van der Waals surface area contributed by atoms with E-state index in [1.54, 1.807) is 25.1 Å². The SMILES string of the molecule is CCN1CCC(CNS(=O)(=O)c2ccc(N)cc2C)CC1. The molecule has 0 amide bonds. The maximum atomic E-state index is 12.4. The minimum Gasteiger partial charge on any atom is -0.399 e. The van der Waals surface area contributed by atoms with Crippen molar-refractivity contribution < 1.29 is 8.42 Å². The van der Waals surface area contributed by atoms with Crippen LogP contribution in [0, 0.1) is 12.8 Å². The molecule has 21 heavy (non-hydrogen) atoms. The lowest BCUT2D eigenvalue weighted by Gasteiger charge is -2.31. The molecule has 0 aliphatic carbocycles. The average Bonchev–Trinajstić information content (AvgIpc) is 2.45. The first-order valence-electron chi connectivity index (χ1n) is 7.50. The molecule has 0 unspecified atom stereocenters. The number of likely N-dealkylation sites (tertiary alicyclic amines) is 1. The molecule has 0 saturated carbocycles. The summed E-state index contributed by atoms with van der Waals surface area (Å²) in [4.78, 5) is 2.72. The van der Waals surface area contributed by atoms with Crippen LogP contribution in [0.5, 0.6) is 0 Å². The molecule has 0 aromatic heterocycles. The number of rotatable bonds is 5. The van der Waals surface area contributed by atoms with Gasteiger partial charge in [0.15, 0.2) is 0 Å². The maximum absolute atomic E-state index is 12.4. The van der Waals surface area contributed by atoms with E-state index in [4.69, 9.17) is 5.73 Å². The Balaban J connectivity index is 1.96. The van der Waals surface area contributed by atoms with Gasteiger partial charge in [-0.1, -0.05) is 6.92 Å². The van der Waals surface area contributed by atoms with E-state index in [0.717, 1.165) is 32.5 Å². The van der Waals surface area contributed by atoms with Crippen LogP contribution in [0.2, 0.25) is 0 Å². The zero-order valence-corrected chi connectivity index (χ0v) is 13.6. The molecule has 2 rings (SSSR count). The van der Waals surface area contributed by atoms with Gasteiger partial charge in [0.2, 0.25) is 10.0 Å². The second kappa shape index (κ2) is 6.77. The normalized spacial score (nSPS) is 18.0. The van der Waals surface area contributed by atoms with E-state index >= 15 is 0 Å². The number of sulfonamides is 1. The lowest BCUT2D eigenvalue weighted by molar-refractivity contribution is 0.194. The van der Waals surface area contributed by atoms with E-state index in [9.17, 15) is 8.42 Å². The highest BCUT2D eigenvalue weighted by atomic mass is 32.2. The molecular formula is C15H25N3O2S. The minimum atomic E-state index is -3.45. The van der Waals surface area contributed by atoms with Gasteiger partial charge in [0.1, 0.15) is 0 Å². The zero-order chi connectivity index (χ0) is 15.5. The Morgan fingerprint density at radius 3 is 2.57 bits per heavy atom. The number of nitrogen functional groups attached to an aromatic ring is 1. The summed E-state index contributed by atoms with van der Waals surface area (Å²) in [7, 11) is -3.45. The molecule has 0 radical (unpaired) electrons. The summed E-state index contributed by atoms with van der Waals surface area (Å²) in [6.07, 6.45) is 2.11. The molecular weight excluding hydrogens is 286 g/mol. The van der Waals surface area contributed by atoms with Gasteiger partial charge in [-0.2, -0.15) is 0 Å². The van der Waals surface area contributed by atoms with Crippen molar-refractivity contribution in [1.29, 1.82) is 0 Å². The molecule has 118 valence electrons. The number of aryl methyl sites for hydroxylation is 1. The smallest absolute Gasteiger partial charge is 0.240 e. The predicted octanol–water partition coefficient (Wildman–Crippen LogP) is 1.59. The molecule has 3 N–H and O–H groups in total. The molecule has 1 heterocycles. The second-order valence-corrected chi connectivity index (χ2v) is 7.49. The van der Waals surface area contributed by atoms with Crippen LogP contribution in [0.25, 0.3) is 0 Å². The van der Waals surface area contributed by atoms with Crippen LogP contribution >= 0.6 is 0 Å². The Kier molecular flexibility index (Phi) is 5.24. The maximum Gasteiger partial charge on any atom is 0.240 e. The fraction of sp³-hybridized carbons (Fsp3) is 0.600. The third-order valence-electron chi connectivity index (χ3n) is 4.20. The van der Waals surface area contributed by atoms with Gasteiger partial charge < -0.3 is 10.6 Å². The average molecular weight is 311 g/mol. The Morgan fingerprint density at radius 2 is 2.00 bits per heavy atom. The number of nitrogens with one attached hydrogen (secondary N) is 1. The van der Waals surface area contributed by atoms with Crippen molar-refractivity contribution in [3.8, 4) is 0 Å². The van der Waals surface area contributed by atoms with Gasteiger partial charge in [-0.15, -0.1) is 0 Å². The monoisotopic (exact) mass is 311 g/mol. The van der Waals surface area contributed by atoms with Crippen LogP contribution < -0.4 is 10.5 Å². The fourth-order valence-corrected chi connectivity index (χ4v) is 4.13. The van der Waals surface area contributed by atoms with E-state index in [2.05, 4.69) is 16.5 Å². The van der Waals surface area contributed by atoms with Crippen LogP contribution in [0.1, 0.15) is 25.3 Å². The number of anilines is 1. The Bertz CT molecular complexity index is 579. The van der Waals surface area contributed by atoms with Crippen molar-refractivity contribution in [3.63, 3.8) is 0 Å². The Labute approximate surface area is 127 Å². The lowest BCUT2D eigenvalue weighted by atomic mass is 9.97. The second-order valence-electron chi connectivity index (χ2n) is 5.75. The molecule has 1 saturated heterocycles. The number of nitrogens with two attached hydrogens (primary N) is 1. The van der Waals surface area contributed by atoms with Gasteiger partial charge in [0, 0.05) is 12.2 Å². The molecule has 1 aliphatic rings. The predicted molar refractivity (Wildman–Crippen MR) is 85.6 cm³/mol. The van der Waals surface area contributed by atoms with E-state index in [1.165, 1.54) is 0 Å². The van der Waals surface area contributed by atoms with Crippen LogP contribution in [0.4, 0.5) is 5.69 Å². The summed E-state index contributed by atoms with van der Waals surface area (Å²) in [5.74, 6) is 0.427. The van der Waals surface area contributed by atoms with Gasteiger partial charge in [-0.25, -0.2) is 13.1 Å². The number of nitrogens with zero attached hydrogens (tertiary/aromatic N) is 1. The third kappa shape index (κ3) is 4.18. The first-order valence-corrected chi connectivity index (χ1v) is 8.99. The number of hydrogen-bond donors (Lipinski definition) is 2. The fourth-order valence-electron chi connectivity index (χ4n) is 2.79. The van der Waals surface area contributed by atoms with E-state index < -0.39 is 10.0 Å². The molecule has 1 aliphatic heterocycles. The van der Waals surface area contributed by atoms with Crippen molar-refractivity contribution in [2.45, 2.75) is 31.6 Å². The van der Waals surface area contributed by atoms with Crippen molar-refractivity contribution in [1.82, 2.24) is 9.62 Å². The van der Waals surface area contributed by atoms with Crippen molar-refractivity contribution in [2.75, 3.05) is 31.9 Å². The van der Waals surface area contributed by atoms with Gasteiger partial charge in [0.25, 0.3) is 0 Å². The molecule has 0 spiro atoms. The van der Waals surface area contributed by atoms with Gasteiger partial charge >= 0.3 is 0 Å². The topological polar surface area (TPSA) is 75.4 Å². The van der Waals surface area contributed by atoms with Crippen molar-refractivity contribution >= 4 is 15.7 Å². The highest BCUT2D eigenvalue weighted by Crippen LogP contribution is 2.20. The summed E-state index contributed by atoms with van der Waals surface area (Å²) in [5, 5.41) is 0. The van der Waals surface area contributed by atoms with Gasteiger partial charge in [-0.05, 0) is 69.1 Å². The first-order chi connectivity index (χ1) is 9.92. The van der Waals surface area contributed by atoms with Crippen LogP contribution in [0.15, 0.2) is 23.1 Å². The minimum absolute atomic E-state index is 0.322. The summed E-state index contributed by atoms with van der Waals surface area (Å²) in [6.45, 7) is 7.64. The summed E-state index contributed by atoms with van der Waals surface area (Å²) in [5.41, 5.74) is 6.93. The molecule has 1 aromatic rings. The van der Waals surface area contributed by atoms with E-state index in [-0.39, 0.29) is 0 Å². The van der Waals surface area contributed by atoms with E-state index in [0.29, 0.717) is 28.6 Å². The van der Waals surface area contributed by atoms with Crippen LogP contribution in [-0.4, -0.2) is 39.5 Å². The molecule has 0 bridgehead atoms. The summed E-state index contributed by atoms with van der Waals surface area (Å²) >= 11 is 0. The van der Waals surface area contributed by atoms with Crippen molar-refractivity contribution in [3.05, 3.63) is 23.8 Å². The summed E-state index contributed by atoms with van der Waals surface area (Å²) < 4.78 is 27.5. The molecule has 1 fully saturated rings. The molecule has 1 aromatic carbocycles. The molecule has 5 nitrogen and oxygen atoms in total. The Morgan fingerprint density at radius 1 is 1.33 bits per heavy atom. The number of piperidine rings is 1. The van der Waals surface area contributed by atoms with Crippen molar-refractivity contribution in [2.24, 2.45) is 5.92 Å². The zero-order valence-electron chi connectivity index (χ0n) is 12.8. The van der Waals surface area contributed by atoms with E-state index in [1.807, 2.05) is 0 Å². The highest BCUT2D eigenvalue weighted by Gasteiger charge is 2.22. The van der Waals surface area contributed by atoms with Crippen LogP contribution in [-0.2, 0) is 10.0 Å². The van der Waals surface area contributed by atoms with Gasteiger partial charge in [0.05, 0.1) is 4.90 Å². The van der Waals surface area contributed by atoms with Crippen LogP contribution in [0.3, 0.4) is 0 Å². The standard InChI is InChI=1S/C15H25N3O2S/c1-3-18-8-6-13(7-9-18)11-17-21(19,20)15-5-4-14(16)10-12(15)2/h4-5,10,13,17H,3,6-9,11,16H2,1-2H3. The number of hydrogen-bond acceptors (Lipinski definition) is 4. The molecule has 6 heteroatoms. The Hall–Kier alpha value is -1.11. The summed E-state index contributed by atoms with van der Waals surface area (Å²) in [6, 6.07) is 4.89. The highest BCUT2D eigenvalue weighted by molar-refractivity contribution is 7.89. The molecule has 0 atom stereocenters. The van der Waals surface area contributed by atoms with Gasteiger partial charge in [-0.3, -0.25) is 0 Å². The quantitative estimate of drug-likeness (QED) is 0.810. The first kappa shape index (κ1) is 16.3. The largest absolute Gasteiger partial charge is 0.399 e. The third-order valence-corrected chi connectivity index (χ3v) is 5.79. The number of benzene rings is 1.